The van der Waals surface area contributed by atoms with Crippen LogP contribution in [0.3, 0.4) is 0 Å². The zero-order chi connectivity index (χ0) is 17.4. The summed E-state index contributed by atoms with van der Waals surface area (Å²) in [6, 6.07) is 10.1. The minimum Gasteiger partial charge on any atom is -0.299 e. The lowest BCUT2D eigenvalue weighted by Crippen LogP contribution is -2.30. The molecule has 0 N–H and O–H groups in total. The molecule has 0 saturated heterocycles. The maximum absolute atomic E-state index is 12.7. The Morgan fingerprint density at radius 1 is 1.28 bits per heavy atom. The third-order valence-corrected chi connectivity index (χ3v) is 6.82. The van der Waals surface area contributed by atoms with Crippen LogP contribution in [0.5, 0.6) is 0 Å². The molecule has 130 valence electrons. The van der Waals surface area contributed by atoms with Crippen molar-refractivity contribution in [2.45, 2.75) is 31.5 Å². The van der Waals surface area contributed by atoms with Gasteiger partial charge in [-0.1, -0.05) is 37.3 Å². The highest BCUT2D eigenvalue weighted by molar-refractivity contribution is 7.98. The van der Waals surface area contributed by atoms with E-state index in [1.54, 1.807) is 23.1 Å². The van der Waals surface area contributed by atoms with Crippen LogP contribution in [0, 0.1) is 0 Å². The van der Waals surface area contributed by atoms with E-state index < -0.39 is 0 Å². The molecule has 4 rings (SSSR count). The molecule has 0 unspecified atom stereocenters. The number of hydrogen-bond donors (Lipinski definition) is 0. The molecule has 6 heteroatoms. The van der Waals surface area contributed by atoms with Gasteiger partial charge < -0.3 is 0 Å². The molecule has 0 spiro atoms. The van der Waals surface area contributed by atoms with Gasteiger partial charge in [-0.2, -0.15) is 4.98 Å². The van der Waals surface area contributed by atoms with Crippen molar-refractivity contribution in [3.05, 3.63) is 56.8 Å². The average molecular weight is 372 g/mol. The number of thioether (sulfide) groups is 1. The van der Waals surface area contributed by atoms with E-state index in [0.717, 1.165) is 41.5 Å². The third kappa shape index (κ3) is 3.03. The molecule has 1 aliphatic heterocycles. The fourth-order valence-electron chi connectivity index (χ4n) is 3.49. The van der Waals surface area contributed by atoms with Crippen LogP contribution in [0.25, 0.3) is 10.2 Å². The van der Waals surface area contributed by atoms with Crippen LogP contribution >= 0.6 is 23.1 Å². The molecule has 4 nitrogen and oxygen atoms in total. The molecule has 1 aliphatic rings. The van der Waals surface area contributed by atoms with E-state index in [0.29, 0.717) is 6.54 Å². The van der Waals surface area contributed by atoms with E-state index in [1.165, 1.54) is 15.8 Å². The SMILES string of the molecule is CCN1CCc2sc3nc(=O)n(Cc4ccccc4)c(SC)c3c2C1. The lowest BCUT2D eigenvalue weighted by molar-refractivity contribution is 0.271. The van der Waals surface area contributed by atoms with Crippen molar-refractivity contribution in [2.24, 2.45) is 0 Å². The number of benzene rings is 1. The second kappa shape index (κ2) is 6.94. The standard InChI is InChI=1S/C19H21N3OS2/c1-3-21-10-9-15-14(12-21)16-17(25-15)20-19(23)22(18(16)24-2)11-13-7-5-4-6-8-13/h4-8H,3,9-12H2,1-2H3. The van der Waals surface area contributed by atoms with Gasteiger partial charge in [0.1, 0.15) is 4.83 Å². The van der Waals surface area contributed by atoms with Crippen LogP contribution in [0.4, 0.5) is 0 Å². The van der Waals surface area contributed by atoms with Crippen molar-refractivity contribution in [3.63, 3.8) is 0 Å². The number of fused-ring (bicyclic) bond motifs is 3. The van der Waals surface area contributed by atoms with Crippen molar-refractivity contribution in [1.29, 1.82) is 0 Å². The number of rotatable bonds is 4. The lowest BCUT2D eigenvalue weighted by atomic mass is 10.1. The lowest BCUT2D eigenvalue weighted by Gasteiger charge is -2.25. The second-order valence-corrected chi connectivity index (χ2v) is 8.16. The Hall–Kier alpha value is -1.63. The first-order chi connectivity index (χ1) is 12.2. The van der Waals surface area contributed by atoms with Crippen LogP contribution < -0.4 is 5.69 Å². The van der Waals surface area contributed by atoms with Gasteiger partial charge in [-0.15, -0.1) is 23.1 Å². The predicted octanol–water partition coefficient (Wildman–Crippen LogP) is 3.61. The Bertz CT molecular complexity index is 962. The summed E-state index contributed by atoms with van der Waals surface area (Å²) in [5.74, 6) is 0. The van der Waals surface area contributed by atoms with Crippen LogP contribution in [0.15, 0.2) is 40.2 Å². The minimum atomic E-state index is -0.147. The molecular formula is C19H21N3OS2. The summed E-state index contributed by atoms with van der Waals surface area (Å²) in [4.78, 5) is 21.9. The number of likely N-dealkylation sites (N-methyl/N-ethyl adjacent to an activating group) is 1. The Balaban J connectivity index is 1.89. The highest BCUT2D eigenvalue weighted by atomic mass is 32.2. The summed E-state index contributed by atoms with van der Waals surface area (Å²) in [5, 5.41) is 2.25. The molecule has 0 amide bonds. The predicted molar refractivity (Wildman–Crippen MR) is 106 cm³/mol. The summed E-state index contributed by atoms with van der Waals surface area (Å²) in [7, 11) is 0. The molecular weight excluding hydrogens is 350 g/mol. The first-order valence-corrected chi connectivity index (χ1v) is 10.6. The van der Waals surface area contributed by atoms with Gasteiger partial charge in [-0.05, 0) is 30.3 Å². The normalized spacial score (nSPS) is 14.8. The molecule has 0 atom stereocenters. The van der Waals surface area contributed by atoms with Gasteiger partial charge in [0.25, 0.3) is 0 Å². The van der Waals surface area contributed by atoms with E-state index in [-0.39, 0.29) is 5.69 Å². The topological polar surface area (TPSA) is 38.1 Å². The molecule has 2 aromatic heterocycles. The molecule has 1 aromatic carbocycles. The zero-order valence-electron chi connectivity index (χ0n) is 14.5. The Kier molecular flexibility index (Phi) is 4.67. The van der Waals surface area contributed by atoms with E-state index in [9.17, 15) is 4.79 Å². The van der Waals surface area contributed by atoms with Crippen LogP contribution in [-0.4, -0.2) is 33.8 Å². The van der Waals surface area contributed by atoms with Crippen LogP contribution in [0.2, 0.25) is 0 Å². The van der Waals surface area contributed by atoms with E-state index in [4.69, 9.17) is 0 Å². The fourth-order valence-corrected chi connectivity index (χ4v) is 5.50. The number of nitrogens with zero attached hydrogens (tertiary/aromatic N) is 3. The van der Waals surface area contributed by atoms with Crippen LogP contribution in [-0.2, 0) is 19.5 Å². The summed E-state index contributed by atoms with van der Waals surface area (Å²) < 4.78 is 1.83. The van der Waals surface area contributed by atoms with Gasteiger partial charge in [-0.3, -0.25) is 9.47 Å². The monoisotopic (exact) mass is 371 g/mol. The Morgan fingerprint density at radius 3 is 2.80 bits per heavy atom. The summed E-state index contributed by atoms with van der Waals surface area (Å²) >= 11 is 3.36. The number of thiophene rings is 1. The fraction of sp³-hybridized carbons (Fsp3) is 0.368. The quantitative estimate of drug-likeness (QED) is 0.519. The second-order valence-electron chi connectivity index (χ2n) is 6.28. The molecule has 3 aromatic rings. The molecule has 3 heterocycles. The maximum Gasteiger partial charge on any atom is 0.350 e. The van der Waals surface area contributed by atoms with Crippen molar-refractivity contribution in [2.75, 3.05) is 19.3 Å². The highest BCUT2D eigenvalue weighted by Gasteiger charge is 2.24. The van der Waals surface area contributed by atoms with Gasteiger partial charge in [-0.25, -0.2) is 4.79 Å². The smallest absolute Gasteiger partial charge is 0.299 e. The average Bonchev–Trinajstić information content (AvgIpc) is 3.00. The first kappa shape index (κ1) is 16.8. The molecule has 0 bridgehead atoms. The van der Waals surface area contributed by atoms with Gasteiger partial charge in [0.15, 0.2) is 0 Å². The van der Waals surface area contributed by atoms with Crippen molar-refractivity contribution < 1.29 is 0 Å². The van der Waals surface area contributed by atoms with E-state index in [1.807, 2.05) is 22.8 Å². The Labute approximate surface area is 155 Å². The first-order valence-electron chi connectivity index (χ1n) is 8.56. The van der Waals surface area contributed by atoms with Crippen molar-refractivity contribution in [1.82, 2.24) is 14.5 Å². The minimum absolute atomic E-state index is 0.147. The van der Waals surface area contributed by atoms with Gasteiger partial charge in [0.2, 0.25) is 0 Å². The summed E-state index contributed by atoms with van der Waals surface area (Å²) in [6.07, 6.45) is 3.12. The molecule has 0 aliphatic carbocycles. The van der Waals surface area contributed by atoms with Gasteiger partial charge >= 0.3 is 5.69 Å². The molecule has 0 radical (unpaired) electrons. The van der Waals surface area contributed by atoms with Crippen molar-refractivity contribution >= 4 is 33.3 Å². The number of hydrogen-bond acceptors (Lipinski definition) is 5. The molecule has 0 saturated carbocycles. The Morgan fingerprint density at radius 2 is 2.08 bits per heavy atom. The van der Waals surface area contributed by atoms with Gasteiger partial charge in [0.05, 0.1) is 11.6 Å². The third-order valence-electron chi connectivity index (χ3n) is 4.82. The van der Waals surface area contributed by atoms with Crippen LogP contribution in [0.1, 0.15) is 22.9 Å². The van der Waals surface area contributed by atoms with E-state index >= 15 is 0 Å². The molecule has 25 heavy (non-hydrogen) atoms. The molecule has 0 fully saturated rings. The summed E-state index contributed by atoms with van der Waals surface area (Å²) in [6.45, 7) is 5.89. The zero-order valence-corrected chi connectivity index (χ0v) is 16.1. The number of aromatic nitrogens is 2. The van der Waals surface area contributed by atoms with Crippen molar-refractivity contribution in [3.8, 4) is 0 Å². The van der Waals surface area contributed by atoms with E-state index in [2.05, 4.69) is 35.2 Å². The largest absolute Gasteiger partial charge is 0.350 e. The van der Waals surface area contributed by atoms with Gasteiger partial charge in [0, 0.05) is 23.4 Å². The maximum atomic E-state index is 12.7. The highest BCUT2D eigenvalue weighted by Crippen LogP contribution is 2.38. The summed E-state index contributed by atoms with van der Waals surface area (Å²) in [5.41, 5.74) is 2.36.